The number of halogens is 1. The number of carbonyl (C=O) groups excluding carboxylic acids is 1. The highest BCUT2D eigenvalue weighted by Crippen LogP contribution is 2.51. The van der Waals surface area contributed by atoms with Crippen molar-refractivity contribution >= 4 is 5.78 Å². The summed E-state index contributed by atoms with van der Waals surface area (Å²) in [6, 6.07) is 14.6. The van der Waals surface area contributed by atoms with Crippen molar-refractivity contribution in [2.24, 2.45) is 11.3 Å². The SMILES string of the molecule is COc1ccc(C2NNC3NC4=C(C(=O)CC(C)(C)C4)C(c4ccc(F)cc4)C32)cc1. The van der Waals surface area contributed by atoms with E-state index >= 15 is 0 Å². The largest absolute Gasteiger partial charge is 0.497 e. The number of nitrogens with one attached hydrogen (secondary N) is 3. The summed E-state index contributed by atoms with van der Waals surface area (Å²) in [5, 5.41) is 3.62. The lowest BCUT2D eigenvalue weighted by molar-refractivity contribution is -0.118. The molecule has 0 saturated carbocycles. The summed E-state index contributed by atoms with van der Waals surface area (Å²) in [4.78, 5) is 13.4. The number of benzene rings is 2. The summed E-state index contributed by atoms with van der Waals surface area (Å²) >= 11 is 0. The Morgan fingerprint density at radius 3 is 2.32 bits per heavy atom. The first-order valence-electron chi connectivity index (χ1n) is 10.8. The zero-order valence-corrected chi connectivity index (χ0v) is 18.0. The molecule has 0 amide bonds. The van der Waals surface area contributed by atoms with E-state index in [0.717, 1.165) is 34.6 Å². The fraction of sp³-hybridized carbons (Fsp3) is 0.400. The summed E-state index contributed by atoms with van der Waals surface area (Å²) in [6.07, 6.45) is 1.31. The van der Waals surface area contributed by atoms with Gasteiger partial charge in [-0.25, -0.2) is 15.2 Å². The standard InChI is InChI=1S/C25H28FN3O2/c1-25(2)12-18-21(19(30)13-25)20(14-4-8-16(26)9-5-14)22-23(28-29-24(22)27-18)15-6-10-17(31-3)11-7-15/h4-11,20,22-24,27-29H,12-13H2,1-3H3. The highest BCUT2D eigenvalue weighted by atomic mass is 19.1. The number of hydrazine groups is 1. The molecule has 1 aliphatic carbocycles. The number of fused-ring (bicyclic) bond motifs is 1. The fourth-order valence-electron chi connectivity index (χ4n) is 5.46. The zero-order valence-electron chi connectivity index (χ0n) is 18.0. The third-order valence-corrected chi connectivity index (χ3v) is 6.81. The summed E-state index contributed by atoms with van der Waals surface area (Å²) in [7, 11) is 1.65. The number of Topliss-reactive ketones (excluding diaryl/α,β-unsaturated/α-hetero) is 1. The van der Waals surface area contributed by atoms with Crippen LogP contribution in [0.3, 0.4) is 0 Å². The van der Waals surface area contributed by atoms with Crippen LogP contribution in [0.15, 0.2) is 59.8 Å². The summed E-state index contributed by atoms with van der Waals surface area (Å²) in [5.41, 5.74) is 10.7. The molecule has 2 aromatic rings. The maximum Gasteiger partial charge on any atom is 0.161 e. The van der Waals surface area contributed by atoms with Crippen molar-refractivity contribution in [2.45, 2.75) is 44.8 Å². The highest BCUT2D eigenvalue weighted by Gasteiger charge is 2.51. The maximum absolute atomic E-state index is 13.7. The molecule has 4 atom stereocenters. The molecule has 0 bridgehead atoms. The van der Waals surface area contributed by atoms with Gasteiger partial charge in [0.15, 0.2) is 5.78 Å². The minimum atomic E-state index is -0.270. The summed E-state index contributed by atoms with van der Waals surface area (Å²) in [6.45, 7) is 4.27. The first-order valence-corrected chi connectivity index (χ1v) is 10.8. The molecule has 2 aromatic carbocycles. The van der Waals surface area contributed by atoms with E-state index < -0.39 is 0 Å². The van der Waals surface area contributed by atoms with Crippen molar-refractivity contribution in [3.63, 3.8) is 0 Å². The molecule has 2 heterocycles. The van der Waals surface area contributed by atoms with Crippen LogP contribution in [0.1, 0.15) is 49.8 Å². The van der Waals surface area contributed by atoms with Crippen molar-refractivity contribution in [3.8, 4) is 5.75 Å². The molecule has 162 valence electrons. The predicted molar refractivity (Wildman–Crippen MR) is 117 cm³/mol. The topological polar surface area (TPSA) is 62.4 Å². The van der Waals surface area contributed by atoms with E-state index in [-0.39, 0.29) is 41.1 Å². The van der Waals surface area contributed by atoms with Gasteiger partial charge < -0.3 is 10.1 Å². The molecule has 4 unspecified atom stereocenters. The van der Waals surface area contributed by atoms with Gasteiger partial charge in [-0.2, -0.15) is 0 Å². The molecule has 5 rings (SSSR count). The van der Waals surface area contributed by atoms with Gasteiger partial charge in [-0.05, 0) is 47.2 Å². The van der Waals surface area contributed by atoms with Crippen LogP contribution in [-0.4, -0.2) is 19.1 Å². The van der Waals surface area contributed by atoms with Crippen LogP contribution in [0.25, 0.3) is 0 Å². The normalized spacial score (nSPS) is 29.2. The molecule has 1 fully saturated rings. The Bertz CT molecular complexity index is 1030. The second kappa shape index (κ2) is 7.46. The summed E-state index contributed by atoms with van der Waals surface area (Å²) in [5.74, 6) is 0.640. The van der Waals surface area contributed by atoms with Gasteiger partial charge in [0.2, 0.25) is 0 Å². The third kappa shape index (κ3) is 3.54. The molecular weight excluding hydrogens is 393 g/mol. The Balaban J connectivity index is 1.61. The Hall–Kier alpha value is -2.70. The first kappa shape index (κ1) is 20.2. The molecule has 5 nitrogen and oxygen atoms in total. The number of hydrogen-bond donors (Lipinski definition) is 3. The summed E-state index contributed by atoms with van der Waals surface area (Å²) < 4.78 is 19.0. The monoisotopic (exact) mass is 421 g/mol. The average Bonchev–Trinajstić information content (AvgIpc) is 3.15. The van der Waals surface area contributed by atoms with Gasteiger partial charge in [0.25, 0.3) is 0 Å². The van der Waals surface area contributed by atoms with Crippen molar-refractivity contribution in [2.75, 3.05) is 7.11 Å². The van der Waals surface area contributed by atoms with E-state index in [4.69, 9.17) is 4.74 Å². The molecule has 6 heteroatoms. The van der Waals surface area contributed by atoms with Gasteiger partial charge >= 0.3 is 0 Å². The van der Waals surface area contributed by atoms with E-state index in [1.165, 1.54) is 12.1 Å². The number of methoxy groups -OCH3 is 1. The molecule has 31 heavy (non-hydrogen) atoms. The van der Waals surface area contributed by atoms with Gasteiger partial charge in [-0.3, -0.25) is 4.79 Å². The smallest absolute Gasteiger partial charge is 0.161 e. The number of ether oxygens (including phenoxy) is 1. The highest BCUT2D eigenvalue weighted by molar-refractivity contribution is 5.99. The quantitative estimate of drug-likeness (QED) is 0.700. The van der Waals surface area contributed by atoms with E-state index in [1.54, 1.807) is 7.11 Å². The molecule has 0 spiro atoms. The van der Waals surface area contributed by atoms with Crippen LogP contribution in [0.5, 0.6) is 5.75 Å². The number of hydrogen-bond acceptors (Lipinski definition) is 5. The van der Waals surface area contributed by atoms with E-state index in [0.29, 0.717) is 6.42 Å². The minimum Gasteiger partial charge on any atom is -0.497 e. The molecule has 2 aliphatic heterocycles. The predicted octanol–water partition coefficient (Wildman–Crippen LogP) is 3.96. The number of ketones is 1. The second-order valence-electron chi connectivity index (χ2n) is 9.60. The van der Waals surface area contributed by atoms with Crippen molar-refractivity contribution in [1.29, 1.82) is 0 Å². The van der Waals surface area contributed by atoms with Crippen molar-refractivity contribution in [3.05, 3.63) is 76.7 Å². The van der Waals surface area contributed by atoms with Crippen LogP contribution < -0.4 is 20.9 Å². The van der Waals surface area contributed by atoms with Crippen LogP contribution in [0.2, 0.25) is 0 Å². The van der Waals surface area contributed by atoms with Crippen molar-refractivity contribution in [1.82, 2.24) is 16.2 Å². The molecule has 3 aliphatic rings. The molecule has 1 saturated heterocycles. The van der Waals surface area contributed by atoms with Crippen LogP contribution in [0.4, 0.5) is 4.39 Å². The number of allylic oxidation sites excluding steroid dienone is 2. The molecule has 3 N–H and O–H groups in total. The lowest BCUT2D eigenvalue weighted by Gasteiger charge is -2.44. The van der Waals surface area contributed by atoms with Gasteiger partial charge in [-0.15, -0.1) is 0 Å². The fourth-order valence-corrected chi connectivity index (χ4v) is 5.46. The number of carbonyl (C=O) groups is 1. The van der Waals surface area contributed by atoms with Gasteiger partial charge in [0.1, 0.15) is 11.6 Å². The lowest BCUT2D eigenvalue weighted by atomic mass is 9.65. The van der Waals surface area contributed by atoms with Crippen LogP contribution >= 0.6 is 0 Å². The number of rotatable bonds is 3. The Kier molecular flexibility index (Phi) is 4.87. The van der Waals surface area contributed by atoms with Crippen molar-refractivity contribution < 1.29 is 13.9 Å². The molecule has 0 radical (unpaired) electrons. The Morgan fingerprint density at radius 2 is 1.65 bits per heavy atom. The van der Waals surface area contributed by atoms with E-state index in [1.807, 2.05) is 24.3 Å². The molecular formula is C25H28FN3O2. The van der Waals surface area contributed by atoms with Gasteiger partial charge in [0.05, 0.1) is 19.3 Å². The lowest BCUT2D eigenvalue weighted by Crippen LogP contribution is -2.51. The van der Waals surface area contributed by atoms with Crippen LogP contribution in [-0.2, 0) is 4.79 Å². The third-order valence-electron chi connectivity index (χ3n) is 6.81. The van der Waals surface area contributed by atoms with E-state index in [9.17, 15) is 9.18 Å². The van der Waals surface area contributed by atoms with Gasteiger partial charge in [-0.1, -0.05) is 38.1 Å². The zero-order chi connectivity index (χ0) is 21.8. The maximum atomic E-state index is 13.7. The van der Waals surface area contributed by atoms with Gasteiger partial charge in [0, 0.05) is 29.5 Å². The second-order valence-corrected chi connectivity index (χ2v) is 9.60. The van der Waals surface area contributed by atoms with E-state index in [2.05, 4.69) is 42.1 Å². The minimum absolute atomic E-state index is 0.0183. The Morgan fingerprint density at radius 1 is 0.968 bits per heavy atom. The van der Waals surface area contributed by atoms with Crippen LogP contribution in [0, 0.1) is 17.2 Å². The molecule has 0 aromatic heterocycles. The Labute approximate surface area is 182 Å². The first-order chi connectivity index (χ1) is 14.9. The average molecular weight is 422 g/mol.